The van der Waals surface area contributed by atoms with Gasteiger partial charge in [0.15, 0.2) is 5.82 Å². The molecule has 0 aromatic carbocycles. The number of rotatable bonds is 3. The molecule has 6 heteroatoms. The summed E-state index contributed by atoms with van der Waals surface area (Å²) in [6, 6.07) is 4.40. The fourth-order valence-corrected chi connectivity index (χ4v) is 4.22. The standard InChI is InChI=1S/C19H31N5O/c1-14-7-8-17(22-21-14)23(3)15-9-12-24(13-10-15)18(25)16-6-4-5-11-19(16,2)20/h7-8,15-16H,4-6,9-13,20H2,1-3H3. The van der Waals surface area contributed by atoms with E-state index in [-0.39, 0.29) is 17.4 Å². The van der Waals surface area contributed by atoms with Gasteiger partial charge in [0.25, 0.3) is 0 Å². The van der Waals surface area contributed by atoms with Gasteiger partial charge in [0, 0.05) is 31.7 Å². The smallest absolute Gasteiger partial charge is 0.227 e. The van der Waals surface area contributed by atoms with Crippen LogP contribution >= 0.6 is 0 Å². The van der Waals surface area contributed by atoms with Gasteiger partial charge in [0.05, 0.1) is 11.6 Å². The van der Waals surface area contributed by atoms with Gasteiger partial charge < -0.3 is 15.5 Å². The van der Waals surface area contributed by atoms with Crippen molar-refractivity contribution in [3.63, 3.8) is 0 Å². The molecule has 6 nitrogen and oxygen atoms in total. The average Bonchev–Trinajstić information content (AvgIpc) is 2.61. The number of nitrogens with zero attached hydrogens (tertiary/aromatic N) is 4. The highest BCUT2D eigenvalue weighted by molar-refractivity contribution is 5.80. The molecule has 0 bridgehead atoms. The molecule has 138 valence electrons. The van der Waals surface area contributed by atoms with E-state index in [9.17, 15) is 4.79 Å². The van der Waals surface area contributed by atoms with E-state index in [4.69, 9.17) is 5.73 Å². The number of hydrogen-bond donors (Lipinski definition) is 1. The predicted molar refractivity (Wildman–Crippen MR) is 99.3 cm³/mol. The molecule has 1 aromatic heterocycles. The SMILES string of the molecule is Cc1ccc(N(C)C2CCN(C(=O)C3CCCCC3(C)N)CC2)nn1. The third-order valence-electron chi connectivity index (χ3n) is 6.02. The van der Waals surface area contributed by atoms with Gasteiger partial charge >= 0.3 is 0 Å². The zero-order valence-electron chi connectivity index (χ0n) is 15.7. The molecule has 3 rings (SSSR count). The lowest BCUT2D eigenvalue weighted by atomic mass is 9.74. The van der Waals surface area contributed by atoms with Crippen molar-refractivity contribution in [3.8, 4) is 0 Å². The minimum Gasteiger partial charge on any atom is -0.355 e. The Hall–Kier alpha value is -1.69. The van der Waals surface area contributed by atoms with Crippen LogP contribution in [0.4, 0.5) is 5.82 Å². The van der Waals surface area contributed by atoms with Gasteiger partial charge in [-0.3, -0.25) is 4.79 Å². The van der Waals surface area contributed by atoms with Crippen molar-refractivity contribution in [2.45, 2.75) is 64.0 Å². The topological polar surface area (TPSA) is 75.3 Å². The molecule has 1 aliphatic carbocycles. The van der Waals surface area contributed by atoms with Gasteiger partial charge in [-0.25, -0.2) is 0 Å². The highest BCUT2D eigenvalue weighted by Crippen LogP contribution is 2.33. The molecule has 0 radical (unpaired) electrons. The summed E-state index contributed by atoms with van der Waals surface area (Å²) in [5.74, 6) is 1.15. The monoisotopic (exact) mass is 345 g/mol. The molecule has 1 aliphatic heterocycles. The van der Waals surface area contributed by atoms with E-state index in [1.807, 2.05) is 30.9 Å². The van der Waals surface area contributed by atoms with Crippen LogP contribution in [0.15, 0.2) is 12.1 Å². The maximum Gasteiger partial charge on any atom is 0.227 e. The third-order valence-corrected chi connectivity index (χ3v) is 6.02. The Bertz CT molecular complexity index is 592. The summed E-state index contributed by atoms with van der Waals surface area (Å²) in [7, 11) is 2.07. The number of hydrogen-bond acceptors (Lipinski definition) is 5. The van der Waals surface area contributed by atoms with Crippen molar-refractivity contribution < 1.29 is 4.79 Å². The van der Waals surface area contributed by atoms with Gasteiger partial charge in [-0.2, -0.15) is 5.10 Å². The van der Waals surface area contributed by atoms with Crippen molar-refractivity contribution in [2.75, 3.05) is 25.0 Å². The molecular formula is C19H31N5O. The van der Waals surface area contributed by atoms with Crippen molar-refractivity contribution in [1.82, 2.24) is 15.1 Å². The number of likely N-dealkylation sites (tertiary alicyclic amines) is 1. The zero-order valence-corrected chi connectivity index (χ0v) is 15.7. The fraction of sp³-hybridized carbons (Fsp3) is 0.737. The largest absolute Gasteiger partial charge is 0.355 e. The van der Waals surface area contributed by atoms with E-state index in [1.54, 1.807) is 0 Å². The summed E-state index contributed by atoms with van der Waals surface area (Å²) < 4.78 is 0. The van der Waals surface area contributed by atoms with Crippen LogP contribution in [0.25, 0.3) is 0 Å². The number of anilines is 1. The second-order valence-corrected chi connectivity index (χ2v) is 8.00. The van der Waals surface area contributed by atoms with Crippen molar-refractivity contribution in [2.24, 2.45) is 11.7 Å². The zero-order chi connectivity index (χ0) is 18.0. The molecule has 2 aliphatic rings. The first kappa shape index (κ1) is 18.1. The Labute approximate surface area is 150 Å². The molecule has 1 saturated carbocycles. The second kappa shape index (κ2) is 7.28. The molecule has 1 aromatic rings. The van der Waals surface area contributed by atoms with E-state index in [2.05, 4.69) is 22.1 Å². The number of carbonyl (C=O) groups excluding carboxylic acids is 1. The van der Waals surface area contributed by atoms with E-state index >= 15 is 0 Å². The van der Waals surface area contributed by atoms with Gasteiger partial charge in [-0.15, -0.1) is 5.10 Å². The highest BCUT2D eigenvalue weighted by atomic mass is 16.2. The summed E-state index contributed by atoms with van der Waals surface area (Å²) in [4.78, 5) is 17.2. The summed E-state index contributed by atoms with van der Waals surface area (Å²) in [5, 5.41) is 8.42. The first-order valence-corrected chi connectivity index (χ1v) is 9.49. The summed E-state index contributed by atoms with van der Waals surface area (Å²) in [6.07, 6.45) is 6.08. The van der Waals surface area contributed by atoms with Crippen LogP contribution in [0.1, 0.15) is 51.1 Å². The van der Waals surface area contributed by atoms with Crippen LogP contribution in [0.2, 0.25) is 0 Å². The molecule has 2 unspecified atom stereocenters. The Balaban J connectivity index is 1.58. The molecule has 2 N–H and O–H groups in total. The lowest BCUT2D eigenvalue weighted by Gasteiger charge is -2.43. The Morgan fingerprint density at radius 3 is 2.56 bits per heavy atom. The Morgan fingerprint density at radius 2 is 1.96 bits per heavy atom. The Kier molecular flexibility index (Phi) is 5.27. The summed E-state index contributed by atoms with van der Waals surface area (Å²) >= 11 is 0. The van der Waals surface area contributed by atoms with Crippen molar-refractivity contribution >= 4 is 11.7 Å². The van der Waals surface area contributed by atoms with Crippen LogP contribution in [0.3, 0.4) is 0 Å². The number of aromatic nitrogens is 2. The second-order valence-electron chi connectivity index (χ2n) is 8.00. The van der Waals surface area contributed by atoms with Gasteiger partial charge in [0.2, 0.25) is 5.91 Å². The first-order chi connectivity index (χ1) is 11.9. The quantitative estimate of drug-likeness (QED) is 0.908. The molecule has 2 fully saturated rings. The third kappa shape index (κ3) is 3.94. The van der Waals surface area contributed by atoms with Crippen LogP contribution in [-0.2, 0) is 4.79 Å². The van der Waals surface area contributed by atoms with Crippen LogP contribution < -0.4 is 10.6 Å². The number of piperidine rings is 1. The van der Waals surface area contributed by atoms with Gasteiger partial charge in [-0.1, -0.05) is 12.8 Å². The van der Waals surface area contributed by atoms with E-state index in [1.165, 1.54) is 0 Å². The molecule has 25 heavy (non-hydrogen) atoms. The highest BCUT2D eigenvalue weighted by Gasteiger charge is 2.40. The fourth-order valence-electron chi connectivity index (χ4n) is 4.22. The molecule has 1 saturated heterocycles. The molecule has 2 atom stereocenters. The summed E-state index contributed by atoms with van der Waals surface area (Å²) in [6.45, 7) is 5.60. The van der Waals surface area contributed by atoms with Crippen LogP contribution in [-0.4, -0.2) is 52.7 Å². The van der Waals surface area contributed by atoms with E-state index < -0.39 is 0 Å². The number of carbonyl (C=O) groups is 1. The summed E-state index contributed by atoms with van der Waals surface area (Å²) in [5.41, 5.74) is 7.00. The minimum absolute atomic E-state index is 0.0153. The van der Waals surface area contributed by atoms with E-state index in [0.29, 0.717) is 6.04 Å². The first-order valence-electron chi connectivity index (χ1n) is 9.49. The lowest BCUT2D eigenvalue weighted by Crippen LogP contribution is -2.55. The number of amides is 1. The van der Waals surface area contributed by atoms with Crippen LogP contribution in [0, 0.1) is 12.8 Å². The number of nitrogens with two attached hydrogens (primary N) is 1. The van der Waals surface area contributed by atoms with Gasteiger partial charge in [0.1, 0.15) is 0 Å². The lowest BCUT2D eigenvalue weighted by molar-refractivity contribution is -0.140. The molecule has 0 spiro atoms. The van der Waals surface area contributed by atoms with Crippen molar-refractivity contribution in [3.05, 3.63) is 17.8 Å². The Morgan fingerprint density at radius 1 is 1.24 bits per heavy atom. The van der Waals surface area contributed by atoms with E-state index in [0.717, 1.165) is 63.1 Å². The van der Waals surface area contributed by atoms with Crippen molar-refractivity contribution in [1.29, 1.82) is 0 Å². The maximum absolute atomic E-state index is 13.0. The molecule has 1 amide bonds. The minimum atomic E-state index is -0.347. The average molecular weight is 345 g/mol. The maximum atomic E-state index is 13.0. The van der Waals surface area contributed by atoms with Crippen LogP contribution in [0.5, 0.6) is 0 Å². The normalized spacial score (nSPS) is 28.0. The molecule has 2 heterocycles. The van der Waals surface area contributed by atoms with Gasteiger partial charge in [-0.05, 0) is 51.7 Å². The predicted octanol–water partition coefficient (Wildman–Crippen LogP) is 2.12. The molecular weight excluding hydrogens is 314 g/mol. The number of aryl methyl sites for hydroxylation is 1.